The van der Waals surface area contributed by atoms with Gasteiger partial charge in [0.15, 0.2) is 0 Å². The van der Waals surface area contributed by atoms with Crippen molar-refractivity contribution in [1.82, 2.24) is 9.88 Å². The van der Waals surface area contributed by atoms with Gasteiger partial charge in [-0.1, -0.05) is 40.9 Å². The molecule has 1 saturated heterocycles. The van der Waals surface area contributed by atoms with Crippen LogP contribution in [0.3, 0.4) is 0 Å². The molecule has 0 spiro atoms. The molecule has 1 aliphatic heterocycles. The summed E-state index contributed by atoms with van der Waals surface area (Å²) in [6, 6.07) is 5.44. The van der Waals surface area contributed by atoms with Gasteiger partial charge in [0.2, 0.25) is 0 Å². The Morgan fingerprint density at radius 3 is 2.48 bits per heavy atom. The predicted octanol–water partition coefficient (Wildman–Crippen LogP) is 5.48. The van der Waals surface area contributed by atoms with Crippen LogP contribution in [0.15, 0.2) is 30.6 Å². The predicted molar refractivity (Wildman–Crippen MR) is 112 cm³/mol. The normalized spacial score (nSPS) is 17.6. The summed E-state index contributed by atoms with van der Waals surface area (Å²) in [5, 5.41) is 4.60. The summed E-state index contributed by atoms with van der Waals surface area (Å²) in [4.78, 5) is 20.7. The molecule has 27 heavy (non-hydrogen) atoms. The number of hydrogen-bond donors (Lipinski definition) is 1. The molecule has 2 amide bonds. The first-order valence-corrected chi connectivity index (χ1v) is 9.88. The van der Waals surface area contributed by atoms with Crippen LogP contribution >= 0.6 is 34.8 Å². The second-order valence-corrected chi connectivity index (χ2v) is 7.89. The third kappa shape index (κ3) is 4.60. The van der Waals surface area contributed by atoms with E-state index in [0.29, 0.717) is 33.8 Å². The molecule has 0 aliphatic carbocycles. The fourth-order valence-corrected chi connectivity index (χ4v) is 3.94. The molecule has 1 aromatic carbocycles. The van der Waals surface area contributed by atoms with E-state index in [4.69, 9.17) is 34.8 Å². The molecule has 0 saturated carbocycles. The number of amides is 2. The van der Waals surface area contributed by atoms with Crippen molar-refractivity contribution in [1.29, 1.82) is 0 Å². The summed E-state index contributed by atoms with van der Waals surface area (Å²) >= 11 is 18.7. The average molecular weight is 428 g/mol. The Kier molecular flexibility index (Phi) is 6.35. The van der Waals surface area contributed by atoms with E-state index in [9.17, 15) is 4.79 Å². The van der Waals surface area contributed by atoms with Gasteiger partial charge in [-0.2, -0.15) is 0 Å². The van der Waals surface area contributed by atoms with Crippen molar-refractivity contribution >= 4 is 52.2 Å². The highest BCUT2D eigenvalue weighted by Crippen LogP contribution is 2.33. The number of aryl methyl sites for hydroxylation is 1. The highest BCUT2D eigenvalue weighted by atomic mass is 35.5. The quantitative estimate of drug-likeness (QED) is 0.690. The van der Waals surface area contributed by atoms with Gasteiger partial charge in [-0.05, 0) is 38.0 Å². The third-order valence-corrected chi connectivity index (χ3v) is 5.75. The fraction of sp³-hybridized carbons (Fsp3) is 0.368. The summed E-state index contributed by atoms with van der Waals surface area (Å²) in [7, 11) is 0. The van der Waals surface area contributed by atoms with E-state index in [2.05, 4.69) is 15.2 Å². The molecule has 0 radical (unpaired) electrons. The summed E-state index contributed by atoms with van der Waals surface area (Å²) in [5.41, 5.74) is 2.43. The molecule has 1 fully saturated rings. The van der Waals surface area contributed by atoms with Crippen molar-refractivity contribution in [3.05, 3.63) is 51.2 Å². The number of pyridine rings is 1. The van der Waals surface area contributed by atoms with Crippen LogP contribution in [0.4, 0.5) is 16.2 Å². The number of nitrogens with zero attached hydrogens (tertiary/aromatic N) is 3. The zero-order valence-electron chi connectivity index (χ0n) is 15.2. The highest BCUT2D eigenvalue weighted by Gasteiger charge is 2.26. The lowest BCUT2D eigenvalue weighted by atomic mass is 10.2. The third-order valence-electron chi connectivity index (χ3n) is 4.79. The largest absolute Gasteiger partial charge is 0.367 e. The molecule has 1 aliphatic rings. The first-order valence-electron chi connectivity index (χ1n) is 8.74. The molecule has 1 unspecified atom stereocenters. The number of anilines is 2. The maximum Gasteiger partial charge on any atom is 0.322 e. The maximum atomic E-state index is 12.8. The molecule has 2 aromatic rings. The minimum atomic E-state index is -0.142. The van der Waals surface area contributed by atoms with Crippen LogP contribution < -0.4 is 10.2 Å². The van der Waals surface area contributed by atoms with Crippen molar-refractivity contribution in [2.75, 3.05) is 29.9 Å². The Hall–Kier alpha value is -1.69. The van der Waals surface area contributed by atoms with Gasteiger partial charge in [0.1, 0.15) is 0 Å². The average Bonchev–Trinajstić information content (AvgIpc) is 2.80. The van der Waals surface area contributed by atoms with Crippen LogP contribution in [0.2, 0.25) is 15.1 Å². The number of hydrogen-bond acceptors (Lipinski definition) is 3. The fourth-order valence-electron chi connectivity index (χ4n) is 3.16. The Morgan fingerprint density at radius 2 is 1.81 bits per heavy atom. The molecule has 0 bridgehead atoms. The molecular formula is C19H21Cl3N4O. The van der Waals surface area contributed by atoms with Crippen LogP contribution in [0.25, 0.3) is 0 Å². The lowest BCUT2D eigenvalue weighted by Gasteiger charge is -2.27. The van der Waals surface area contributed by atoms with Crippen molar-refractivity contribution in [2.45, 2.75) is 26.3 Å². The summed E-state index contributed by atoms with van der Waals surface area (Å²) in [5.74, 6) is 0. The van der Waals surface area contributed by atoms with Crippen LogP contribution in [-0.4, -0.2) is 41.6 Å². The second kappa shape index (κ2) is 8.55. The lowest BCUT2D eigenvalue weighted by molar-refractivity contribution is 0.196. The number of nitrogens with one attached hydrogen (secondary N) is 1. The van der Waals surface area contributed by atoms with E-state index >= 15 is 0 Å². The highest BCUT2D eigenvalue weighted by molar-refractivity contribution is 6.38. The minimum Gasteiger partial charge on any atom is -0.367 e. The minimum absolute atomic E-state index is 0.0790. The molecule has 144 valence electrons. The molecular weight excluding hydrogens is 407 g/mol. The number of aromatic nitrogens is 1. The van der Waals surface area contributed by atoms with Gasteiger partial charge in [0, 0.05) is 48.8 Å². The van der Waals surface area contributed by atoms with Crippen molar-refractivity contribution in [3.63, 3.8) is 0 Å². The Balaban J connectivity index is 1.72. The molecule has 2 heterocycles. The molecule has 3 rings (SSSR count). The van der Waals surface area contributed by atoms with Crippen LogP contribution in [0.1, 0.15) is 18.9 Å². The number of carbonyl (C=O) groups is 1. The standard InChI is InChI=1S/C19H21Cl3N4O/c1-12-3-4-14(9-15(12)20)24-19(27)26-8-7-25(6-5-13(26)2)18-16(21)10-23-11-17(18)22/h3-4,9-11,13H,5-8H2,1-2H3,(H,24,27). The van der Waals surface area contributed by atoms with Crippen LogP contribution in [0, 0.1) is 6.92 Å². The zero-order valence-corrected chi connectivity index (χ0v) is 17.4. The topological polar surface area (TPSA) is 48.5 Å². The first kappa shape index (κ1) is 20.1. The second-order valence-electron chi connectivity index (χ2n) is 6.66. The van der Waals surface area contributed by atoms with Gasteiger partial charge >= 0.3 is 6.03 Å². The van der Waals surface area contributed by atoms with E-state index < -0.39 is 0 Å². The first-order chi connectivity index (χ1) is 12.9. The maximum absolute atomic E-state index is 12.8. The smallest absolute Gasteiger partial charge is 0.322 e. The van der Waals surface area contributed by atoms with E-state index in [1.807, 2.05) is 30.9 Å². The van der Waals surface area contributed by atoms with E-state index in [-0.39, 0.29) is 12.1 Å². The summed E-state index contributed by atoms with van der Waals surface area (Å²) in [6.07, 6.45) is 3.97. The van der Waals surface area contributed by atoms with Gasteiger partial charge in [0.05, 0.1) is 15.7 Å². The van der Waals surface area contributed by atoms with Crippen molar-refractivity contribution in [3.8, 4) is 0 Å². The van der Waals surface area contributed by atoms with Gasteiger partial charge in [-0.15, -0.1) is 0 Å². The van der Waals surface area contributed by atoms with E-state index in [0.717, 1.165) is 24.2 Å². The number of benzene rings is 1. The summed E-state index contributed by atoms with van der Waals surface area (Å²) < 4.78 is 0. The molecule has 1 aromatic heterocycles. The SMILES string of the molecule is Cc1ccc(NC(=O)N2CCN(c3c(Cl)cncc3Cl)CCC2C)cc1Cl. The van der Waals surface area contributed by atoms with E-state index in [1.165, 1.54) is 0 Å². The van der Waals surface area contributed by atoms with Crippen molar-refractivity contribution < 1.29 is 4.79 Å². The Labute approximate surface area is 174 Å². The molecule has 8 heteroatoms. The molecule has 5 nitrogen and oxygen atoms in total. The summed E-state index contributed by atoms with van der Waals surface area (Å²) in [6.45, 7) is 5.91. The van der Waals surface area contributed by atoms with Crippen molar-refractivity contribution in [2.24, 2.45) is 0 Å². The zero-order chi connectivity index (χ0) is 19.6. The Bertz CT molecular complexity index is 825. The van der Waals surface area contributed by atoms with Gasteiger partial charge in [0.25, 0.3) is 0 Å². The van der Waals surface area contributed by atoms with Gasteiger partial charge in [-0.3, -0.25) is 4.98 Å². The molecule has 1 atom stereocenters. The number of halogens is 3. The lowest BCUT2D eigenvalue weighted by Crippen LogP contribution is -2.42. The van der Waals surface area contributed by atoms with Crippen LogP contribution in [-0.2, 0) is 0 Å². The van der Waals surface area contributed by atoms with Gasteiger partial charge < -0.3 is 15.1 Å². The molecule has 1 N–H and O–H groups in total. The number of carbonyl (C=O) groups excluding carboxylic acids is 1. The number of urea groups is 1. The monoisotopic (exact) mass is 426 g/mol. The number of rotatable bonds is 2. The van der Waals surface area contributed by atoms with Gasteiger partial charge in [-0.25, -0.2) is 4.79 Å². The Morgan fingerprint density at radius 1 is 1.11 bits per heavy atom. The van der Waals surface area contributed by atoms with E-state index in [1.54, 1.807) is 18.5 Å². The van der Waals surface area contributed by atoms with Crippen LogP contribution in [0.5, 0.6) is 0 Å².